The van der Waals surface area contributed by atoms with E-state index in [1.807, 2.05) is 0 Å². The van der Waals surface area contributed by atoms with Crippen molar-refractivity contribution in [2.75, 3.05) is 13.2 Å². The molecule has 0 saturated heterocycles. The van der Waals surface area contributed by atoms with Crippen LogP contribution in [0.1, 0.15) is 112 Å². The molecule has 1 rings (SSSR count). The third-order valence-corrected chi connectivity index (χ3v) is 4.83. The highest BCUT2D eigenvalue weighted by Gasteiger charge is 2.18. The van der Waals surface area contributed by atoms with E-state index in [0.717, 1.165) is 25.7 Å². The van der Waals surface area contributed by atoms with Crippen LogP contribution in [0.2, 0.25) is 0 Å². The Morgan fingerprint density at radius 2 is 0.966 bits per heavy atom. The zero-order chi connectivity index (χ0) is 20.5. The minimum atomic E-state index is -0.444. The van der Waals surface area contributed by atoms with Gasteiger partial charge in [0.1, 0.15) is 0 Å². The first-order valence-corrected chi connectivity index (χ1v) is 11.1. The van der Waals surface area contributed by atoms with Gasteiger partial charge in [-0.2, -0.15) is 0 Å². The van der Waals surface area contributed by atoms with Gasteiger partial charge in [0, 0.05) is 0 Å². The molecule has 0 atom stereocenters. The molecule has 0 aliphatic heterocycles. The number of carbonyl (C=O) groups excluding carboxylic acids is 2. The van der Waals surface area contributed by atoms with E-state index in [1.165, 1.54) is 51.4 Å². The van der Waals surface area contributed by atoms with Crippen molar-refractivity contribution in [3.63, 3.8) is 0 Å². The first kappa shape index (κ1) is 27.2. The fourth-order valence-corrected chi connectivity index (χ4v) is 3.09. The smallest absolute Gasteiger partial charge is 0.339 e. The minimum Gasteiger partial charge on any atom is -0.462 e. The Balaban J connectivity index is 0.00000784. The van der Waals surface area contributed by atoms with E-state index < -0.39 is 11.9 Å². The summed E-state index contributed by atoms with van der Waals surface area (Å²) in [6.07, 6.45) is 13.6. The maximum Gasteiger partial charge on any atom is 0.339 e. The summed E-state index contributed by atoms with van der Waals surface area (Å²) in [5.41, 5.74) is 0.586. The Bertz CT molecular complexity index is 511. The van der Waals surface area contributed by atoms with E-state index in [1.54, 1.807) is 24.3 Å². The van der Waals surface area contributed by atoms with Gasteiger partial charge in [0.2, 0.25) is 0 Å². The van der Waals surface area contributed by atoms with Crippen LogP contribution in [-0.2, 0) is 9.47 Å². The third kappa shape index (κ3) is 12.4. The van der Waals surface area contributed by atoms with Gasteiger partial charge in [-0.3, -0.25) is 0 Å². The van der Waals surface area contributed by atoms with Gasteiger partial charge in [0.05, 0.1) is 32.8 Å². The molecule has 4 nitrogen and oxygen atoms in total. The molecular formula is C24H41BO4. The molecule has 0 bridgehead atoms. The number of hydrogen-bond acceptors (Lipinski definition) is 4. The summed E-state index contributed by atoms with van der Waals surface area (Å²) in [7, 11) is 0. The summed E-state index contributed by atoms with van der Waals surface area (Å²) in [6.45, 7) is 5.17. The van der Waals surface area contributed by atoms with E-state index in [0.29, 0.717) is 24.3 Å². The summed E-state index contributed by atoms with van der Waals surface area (Å²) in [5.74, 6) is -0.888. The van der Waals surface area contributed by atoms with E-state index in [2.05, 4.69) is 13.8 Å². The fourth-order valence-electron chi connectivity index (χ4n) is 3.09. The predicted molar refractivity (Wildman–Crippen MR) is 124 cm³/mol. The Kier molecular flexibility index (Phi) is 17.1. The zero-order valence-electron chi connectivity index (χ0n) is 17.8. The average Bonchev–Trinajstić information content (AvgIpc) is 2.72. The normalized spacial score (nSPS) is 10.3. The standard InChI is InChI=1S/C24H38O4.BH3/c1-3-5-7-9-11-15-19-27-23(25)21-17-13-14-18-22(21)24(26)28-20-16-12-10-8-6-4-2;/h13-14,17-18H,3-12,15-16,19-20H2,1-2H3;1H3. The van der Waals surface area contributed by atoms with Crippen molar-refractivity contribution >= 4 is 20.4 Å². The fraction of sp³-hybridized carbons (Fsp3) is 0.667. The molecule has 0 radical (unpaired) electrons. The average molecular weight is 404 g/mol. The van der Waals surface area contributed by atoms with E-state index >= 15 is 0 Å². The SMILES string of the molecule is B.CCCCCCCCOC(=O)c1ccccc1C(=O)OCCCCCCCC. The van der Waals surface area contributed by atoms with Crippen molar-refractivity contribution in [2.45, 2.75) is 90.9 Å². The number of ether oxygens (including phenoxy) is 2. The van der Waals surface area contributed by atoms with E-state index in [4.69, 9.17) is 9.47 Å². The van der Waals surface area contributed by atoms with Crippen LogP contribution in [-0.4, -0.2) is 33.6 Å². The monoisotopic (exact) mass is 404 g/mol. The number of hydrogen-bond donors (Lipinski definition) is 0. The Morgan fingerprint density at radius 3 is 1.34 bits per heavy atom. The third-order valence-electron chi connectivity index (χ3n) is 4.83. The summed E-state index contributed by atoms with van der Waals surface area (Å²) in [4.78, 5) is 24.7. The number of benzene rings is 1. The quantitative estimate of drug-likeness (QED) is 0.206. The number of unbranched alkanes of at least 4 members (excludes halogenated alkanes) is 10. The lowest BCUT2D eigenvalue weighted by Crippen LogP contribution is -2.15. The van der Waals surface area contributed by atoms with Gasteiger partial charge in [-0.25, -0.2) is 9.59 Å². The van der Waals surface area contributed by atoms with Gasteiger partial charge in [-0.1, -0.05) is 90.2 Å². The second-order valence-electron chi connectivity index (χ2n) is 7.35. The number of carbonyl (C=O) groups is 2. The summed E-state index contributed by atoms with van der Waals surface area (Å²) >= 11 is 0. The van der Waals surface area contributed by atoms with E-state index in [-0.39, 0.29) is 8.41 Å². The maximum absolute atomic E-state index is 12.4. The van der Waals surface area contributed by atoms with Crippen molar-refractivity contribution < 1.29 is 19.1 Å². The molecule has 164 valence electrons. The molecule has 0 saturated carbocycles. The highest BCUT2D eigenvalue weighted by atomic mass is 16.5. The van der Waals surface area contributed by atoms with Crippen LogP contribution in [0, 0.1) is 0 Å². The number of esters is 2. The predicted octanol–water partition coefficient (Wildman–Crippen LogP) is 5.54. The lowest BCUT2D eigenvalue weighted by atomic mass is 10.1. The van der Waals surface area contributed by atoms with Crippen LogP contribution in [0.3, 0.4) is 0 Å². The first-order valence-electron chi connectivity index (χ1n) is 11.1. The van der Waals surface area contributed by atoms with Gasteiger partial charge in [0.15, 0.2) is 0 Å². The summed E-state index contributed by atoms with van der Waals surface area (Å²) in [5, 5.41) is 0. The van der Waals surface area contributed by atoms with Gasteiger partial charge in [-0.05, 0) is 25.0 Å². The lowest BCUT2D eigenvalue weighted by Gasteiger charge is -2.10. The molecule has 0 fully saturated rings. The molecule has 29 heavy (non-hydrogen) atoms. The molecule has 1 aromatic rings. The van der Waals surface area contributed by atoms with Gasteiger partial charge < -0.3 is 9.47 Å². The Labute approximate surface area is 179 Å². The molecular weight excluding hydrogens is 363 g/mol. The van der Waals surface area contributed by atoms with Crippen molar-refractivity contribution in [3.8, 4) is 0 Å². The largest absolute Gasteiger partial charge is 0.462 e. The highest BCUT2D eigenvalue weighted by molar-refractivity contribution is 6.03. The molecule has 0 unspecified atom stereocenters. The molecule has 0 aliphatic rings. The molecule has 0 spiro atoms. The van der Waals surface area contributed by atoms with Gasteiger partial charge in [-0.15, -0.1) is 0 Å². The minimum absolute atomic E-state index is 0. The van der Waals surface area contributed by atoms with Crippen LogP contribution in [0.15, 0.2) is 24.3 Å². The van der Waals surface area contributed by atoms with Crippen LogP contribution in [0.4, 0.5) is 0 Å². The Hall–Kier alpha value is -1.78. The molecule has 0 aliphatic carbocycles. The first-order chi connectivity index (χ1) is 13.7. The molecule has 0 amide bonds. The molecule has 1 aromatic carbocycles. The van der Waals surface area contributed by atoms with Crippen LogP contribution >= 0.6 is 0 Å². The van der Waals surface area contributed by atoms with Crippen molar-refractivity contribution in [2.24, 2.45) is 0 Å². The number of rotatable bonds is 16. The molecule has 5 heteroatoms. The summed E-state index contributed by atoms with van der Waals surface area (Å²) < 4.78 is 10.7. The van der Waals surface area contributed by atoms with Crippen molar-refractivity contribution in [1.29, 1.82) is 0 Å². The van der Waals surface area contributed by atoms with Crippen LogP contribution < -0.4 is 0 Å². The molecule has 0 N–H and O–H groups in total. The van der Waals surface area contributed by atoms with Gasteiger partial charge >= 0.3 is 11.9 Å². The van der Waals surface area contributed by atoms with Crippen LogP contribution in [0.25, 0.3) is 0 Å². The van der Waals surface area contributed by atoms with Gasteiger partial charge in [0.25, 0.3) is 0 Å². The van der Waals surface area contributed by atoms with E-state index in [9.17, 15) is 9.59 Å². The molecule has 0 aromatic heterocycles. The van der Waals surface area contributed by atoms with Crippen molar-refractivity contribution in [1.82, 2.24) is 0 Å². The highest BCUT2D eigenvalue weighted by Crippen LogP contribution is 2.14. The van der Waals surface area contributed by atoms with Crippen molar-refractivity contribution in [3.05, 3.63) is 35.4 Å². The van der Waals surface area contributed by atoms with Crippen LogP contribution in [0.5, 0.6) is 0 Å². The maximum atomic E-state index is 12.4. The topological polar surface area (TPSA) is 52.6 Å². The Morgan fingerprint density at radius 1 is 0.621 bits per heavy atom. The lowest BCUT2D eigenvalue weighted by molar-refractivity contribution is 0.0450. The second-order valence-corrected chi connectivity index (χ2v) is 7.35. The molecule has 0 heterocycles. The second kappa shape index (κ2) is 18.3. The summed E-state index contributed by atoms with van der Waals surface area (Å²) in [6, 6.07) is 6.74. The zero-order valence-corrected chi connectivity index (χ0v) is 17.8.